The second-order valence-corrected chi connectivity index (χ2v) is 5.44. The van der Waals surface area contributed by atoms with Gasteiger partial charge in [-0.2, -0.15) is 0 Å². The van der Waals surface area contributed by atoms with Crippen LogP contribution in [-0.2, 0) is 12.8 Å². The first-order valence-electron chi connectivity index (χ1n) is 6.73. The van der Waals surface area contributed by atoms with Crippen molar-refractivity contribution in [1.82, 2.24) is 10.3 Å². The second-order valence-electron chi connectivity index (χ2n) is 5.44. The molecule has 1 fully saturated rings. The van der Waals surface area contributed by atoms with Gasteiger partial charge in [0.1, 0.15) is 5.82 Å². The molecule has 1 aliphatic carbocycles. The van der Waals surface area contributed by atoms with E-state index in [1.54, 1.807) is 0 Å². The lowest BCUT2D eigenvalue weighted by atomic mass is 10.1. The summed E-state index contributed by atoms with van der Waals surface area (Å²) in [5.41, 5.74) is 2.80. The van der Waals surface area contributed by atoms with E-state index in [0.717, 1.165) is 13.1 Å². The monoisotopic (exact) mass is 231 g/mol. The van der Waals surface area contributed by atoms with Crippen LogP contribution in [0.5, 0.6) is 0 Å². The van der Waals surface area contributed by atoms with E-state index in [0.29, 0.717) is 12.1 Å². The van der Waals surface area contributed by atoms with Crippen molar-refractivity contribution in [2.24, 2.45) is 0 Å². The number of pyridine rings is 1. The van der Waals surface area contributed by atoms with Crippen molar-refractivity contribution in [3.05, 3.63) is 23.4 Å². The fraction of sp³-hybridized carbons (Fsp3) is 0.643. The van der Waals surface area contributed by atoms with Gasteiger partial charge in [-0.3, -0.25) is 0 Å². The van der Waals surface area contributed by atoms with E-state index in [9.17, 15) is 0 Å². The summed E-state index contributed by atoms with van der Waals surface area (Å²) in [5.74, 6) is 1.17. The summed E-state index contributed by atoms with van der Waals surface area (Å²) < 4.78 is 0. The molecule has 0 spiro atoms. The van der Waals surface area contributed by atoms with Crippen LogP contribution in [0.4, 0.5) is 5.82 Å². The number of aromatic nitrogens is 1. The minimum atomic E-state index is 0.540. The summed E-state index contributed by atoms with van der Waals surface area (Å²) in [5, 5.41) is 3.51. The Morgan fingerprint density at radius 3 is 3.06 bits per heavy atom. The molecule has 17 heavy (non-hydrogen) atoms. The Balaban J connectivity index is 1.87. The van der Waals surface area contributed by atoms with Crippen LogP contribution in [-0.4, -0.2) is 30.2 Å². The maximum Gasteiger partial charge on any atom is 0.129 e. The highest BCUT2D eigenvalue weighted by Crippen LogP contribution is 2.25. The average Bonchev–Trinajstić information content (AvgIpc) is 2.79. The zero-order chi connectivity index (χ0) is 11.8. The van der Waals surface area contributed by atoms with Crippen molar-refractivity contribution in [3.63, 3.8) is 0 Å². The first kappa shape index (κ1) is 11.0. The molecular formula is C14H21N3. The normalized spacial score (nSPS) is 28.2. The van der Waals surface area contributed by atoms with E-state index < -0.39 is 0 Å². The van der Waals surface area contributed by atoms with E-state index in [1.807, 2.05) is 0 Å². The van der Waals surface area contributed by atoms with Crippen molar-refractivity contribution >= 4 is 5.82 Å². The van der Waals surface area contributed by atoms with Gasteiger partial charge in [0.15, 0.2) is 0 Å². The molecule has 3 heteroatoms. The maximum atomic E-state index is 4.86. The minimum Gasteiger partial charge on any atom is -0.351 e. The number of rotatable bonds is 1. The number of aryl methyl sites for hydroxylation is 2. The molecule has 1 aromatic rings. The van der Waals surface area contributed by atoms with Crippen molar-refractivity contribution in [1.29, 1.82) is 0 Å². The zero-order valence-corrected chi connectivity index (χ0v) is 10.7. The van der Waals surface area contributed by atoms with Crippen molar-refractivity contribution in [2.75, 3.05) is 18.0 Å². The second kappa shape index (κ2) is 4.30. The Labute approximate surface area is 103 Å². The molecule has 2 unspecified atom stereocenters. The van der Waals surface area contributed by atoms with Crippen LogP contribution in [0.1, 0.15) is 31.5 Å². The lowest BCUT2D eigenvalue weighted by Gasteiger charge is -2.38. The van der Waals surface area contributed by atoms with Crippen LogP contribution < -0.4 is 10.2 Å². The topological polar surface area (TPSA) is 28.2 Å². The maximum absolute atomic E-state index is 4.86. The molecule has 3 rings (SSSR count). The van der Waals surface area contributed by atoms with Gasteiger partial charge in [-0.25, -0.2) is 4.98 Å². The van der Waals surface area contributed by atoms with Crippen LogP contribution >= 0.6 is 0 Å². The number of fused-ring (bicyclic) bond motifs is 1. The third kappa shape index (κ3) is 2.04. The van der Waals surface area contributed by atoms with Crippen LogP contribution in [0.3, 0.4) is 0 Å². The molecule has 2 aliphatic rings. The van der Waals surface area contributed by atoms with Gasteiger partial charge in [-0.05, 0) is 44.7 Å². The molecule has 1 aromatic heterocycles. The van der Waals surface area contributed by atoms with Gasteiger partial charge >= 0.3 is 0 Å². The Hall–Kier alpha value is -1.09. The van der Waals surface area contributed by atoms with Gasteiger partial charge in [0.25, 0.3) is 0 Å². The Morgan fingerprint density at radius 1 is 1.29 bits per heavy atom. The molecular weight excluding hydrogens is 210 g/mol. The molecule has 3 nitrogen and oxygen atoms in total. The molecule has 1 N–H and O–H groups in total. The number of hydrogen-bond acceptors (Lipinski definition) is 3. The van der Waals surface area contributed by atoms with Gasteiger partial charge < -0.3 is 10.2 Å². The van der Waals surface area contributed by atoms with E-state index >= 15 is 0 Å². The molecule has 2 heterocycles. The summed E-state index contributed by atoms with van der Waals surface area (Å²) in [7, 11) is 0. The molecule has 0 saturated carbocycles. The summed E-state index contributed by atoms with van der Waals surface area (Å²) in [6.45, 7) is 6.63. The predicted octanol–water partition coefficient (Wildman–Crippen LogP) is 1.76. The van der Waals surface area contributed by atoms with E-state index in [4.69, 9.17) is 4.98 Å². The fourth-order valence-electron chi connectivity index (χ4n) is 2.91. The van der Waals surface area contributed by atoms with Crippen LogP contribution in [0, 0.1) is 0 Å². The molecule has 0 bridgehead atoms. The highest BCUT2D eigenvalue weighted by atomic mass is 15.3. The largest absolute Gasteiger partial charge is 0.351 e. The lowest BCUT2D eigenvalue weighted by molar-refractivity contribution is 0.422. The molecule has 0 radical (unpaired) electrons. The number of piperazine rings is 1. The van der Waals surface area contributed by atoms with Crippen molar-refractivity contribution in [3.8, 4) is 0 Å². The Morgan fingerprint density at radius 2 is 2.18 bits per heavy atom. The van der Waals surface area contributed by atoms with Gasteiger partial charge in [-0.1, -0.05) is 6.07 Å². The first-order valence-corrected chi connectivity index (χ1v) is 6.73. The first-order chi connectivity index (χ1) is 8.24. The van der Waals surface area contributed by atoms with Crippen LogP contribution in [0.2, 0.25) is 0 Å². The Kier molecular flexibility index (Phi) is 2.79. The van der Waals surface area contributed by atoms with E-state index in [1.165, 1.54) is 36.3 Å². The standard InChI is InChI=1S/C14H21N3/c1-10-9-17(11(2)8-15-10)14-7-6-12-4-3-5-13(12)16-14/h6-7,10-11,15H,3-5,8-9H2,1-2H3. The molecule has 0 amide bonds. The number of nitrogens with one attached hydrogen (secondary N) is 1. The SMILES string of the molecule is CC1CN(c2ccc3c(n2)CCC3)C(C)CN1. The van der Waals surface area contributed by atoms with Crippen molar-refractivity contribution < 1.29 is 0 Å². The van der Waals surface area contributed by atoms with E-state index in [2.05, 4.69) is 36.2 Å². The molecule has 92 valence electrons. The highest BCUT2D eigenvalue weighted by Gasteiger charge is 2.24. The minimum absolute atomic E-state index is 0.540. The number of anilines is 1. The summed E-state index contributed by atoms with van der Waals surface area (Å²) in [4.78, 5) is 7.30. The fourth-order valence-corrected chi connectivity index (χ4v) is 2.91. The molecule has 2 atom stereocenters. The zero-order valence-electron chi connectivity index (χ0n) is 10.7. The number of nitrogens with zero attached hydrogens (tertiary/aromatic N) is 2. The van der Waals surface area contributed by atoms with Gasteiger partial charge in [0.05, 0.1) is 0 Å². The number of hydrogen-bond donors (Lipinski definition) is 1. The summed E-state index contributed by atoms with van der Waals surface area (Å²) in [6, 6.07) is 5.59. The van der Waals surface area contributed by atoms with E-state index in [-0.39, 0.29) is 0 Å². The van der Waals surface area contributed by atoms with Crippen molar-refractivity contribution in [2.45, 2.75) is 45.2 Å². The van der Waals surface area contributed by atoms with Crippen LogP contribution in [0.25, 0.3) is 0 Å². The predicted molar refractivity (Wildman–Crippen MR) is 70.5 cm³/mol. The summed E-state index contributed by atoms with van der Waals surface area (Å²) >= 11 is 0. The van der Waals surface area contributed by atoms with Gasteiger partial charge in [0, 0.05) is 30.9 Å². The third-order valence-corrected chi connectivity index (χ3v) is 3.97. The molecule has 1 aliphatic heterocycles. The Bertz CT molecular complexity index is 416. The smallest absolute Gasteiger partial charge is 0.129 e. The van der Waals surface area contributed by atoms with Gasteiger partial charge in [-0.15, -0.1) is 0 Å². The summed E-state index contributed by atoms with van der Waals surface area (Å²) in [6.07, 6.45) is 3.66. The lowest BCUT2D eigenvalue weighted by Crippen LogP contribution is -2.54. The molecule has 1 saturated heterocycles. The van der Waals surface area contributed by atoms with Crippen LogP contribution in [0.15, 0.2) is 12.1 Å². The quantitative estimate of drug-likeness (QED) is 0.798. The highest BCUT2D eigenvalue weighted by molar-refractivity contribution is 5.44. The third-order valence-electron chi connectivity index (χ3n) is 3.97. The molecule has 0 aromatic carbocycles. The average molecular weight is 231 g/mol. The van der Waals surface area contributed by atoms with Gasteiger partial charge in [0.2, 0.25) is 0 Å².